The van der Waals surface area contributed by atoms with Gasteiger partial charge in [0, 0.05) is 11.3 Å². The van der Waals surface area contributed by atoms with E-state index in [1.807, 2.05) is 61.5 Å². The minimum Gasteiger partial charge on any atom is -0.510 e. The zero-order chi connectivity index (χ0) is 22.9. The Labute approximate surface area is 195 Å². The maximum Gasteiger partial charge on any atom is 0.251 e. The molecule has 1 aliphatic heterocycles. The van der Waals surface area contributed by atoms with Crippen LogP contribution in [0, 0.1) is 5.41 Å². The van der Waals surface area contributed by atoms with E-state index >= 15 is 0 Å². The minimum atomic E-state index is -0.162. The van der Waals surface area contributed by atoms with Crippen molar-refractivity contribution in [2.75, 3.05) is 11.4 Å². The Balaban J connectivity index is 1.31. The number of carbonyl (C=O) groups is 1. The number of aliphatic hydroxyl groups excluding tert-OH is 1. The summed E-state index contributed by atoms with van der Waals surface area (Å²) in [6.45, 7) is 2.14. The van der Waals surface area contributed by atoms with E-state index in [1.165, 1.54) is 11.3 Å². The first-order valence-corrected chi connectivity index (χ1v) is 11.4. The molecule has 5 rings (SSSR count). The van der Waals surface area contributed by atoms with Crippen molar-refractivity contribution in [2.24, 2.45) is 0 Å². The molecule has 0 unspecified atom stereocenters. The fourth-order valence-corrected chi connectivity index (χ4v) is 4.94. The molecule has 4 aromatic rings. The second-order valence-electron chi connectivity index (χ2n) is 7.90. The van der Waals surface area contributed by atoms with Crippen LogP contribution in [0.1, 0.15) is 33.9 Å². The lowest BCUT2D eigenvalue weighted by Gasteiger charge is -2.19. The third-order valence-corrected chi connectivity index (χ3v) is 6.75. The standard InChI is InChI=1S/C26H22N4O2S/c1-16(17-7-3-2-4-8-17)28-25(32)18-11-13-19(14-12-18)30-15-21(31)23(24(30)27)26-29-20-9-5-6-10-22(20)33-26/h2-14,16,27,31H,15H2,1H3,(H,28,32)/t16-/m1/s1. The molecule has 1 aromatic heterocycles. The first-order chi connectivity index (χ1) is 16.0. The van der Waals surface area contributed by atoms with E-state index in [2.05, 4.69) is 10.3 Å². The summed E-state index contributed by atoms with van der Waals surface area (Å²) >= 11 is 1.46. The van der Waals surface area contributed by atoms with Crippen molar-refractivity contribution in [1.29, 1.82) is 5.41 Å². The van der Waals surface area contributed by atoms with E-state index in [0.717, 1.165) is 21.5 Å². The molecule has 3 aromatic carbocycles. The average molecular weight is 455 g/mol. The lowest BCUT2D eigenvalue weighted by Crippen LogP contribution is -2.27. The van der Waals surface area contributed by atoms with E-state index in [0.29, 0.717) is 16.1 Å². The number of carbonyl (C=O) groups excluding carboxylic acids is 1. The minimum absolute atomic E-state index is 0.109. The van der Waals surface area contributed by atoms with E-state index in [-0.39, 0.29) is 30.1 Å². The molecule has 0 saturated carbocycles. The van der Waals surface area contributed by atoms with Gasteiger partial charge in [-0.2, -0.15) is 0 Å². The predicted octanol–water partition coefficient (Wildman–Crippen LogP) is 5.55. The molecule has 1 amide bonds. The molecule has 7 heteroatoms. The van der Waals surface area contributed by atoms with Crippen LogP contribution < -0.4 is 10.2 Å². The predicted molar refractivity (Wildman–Crippen MR) is 133 cm³/mol. The van der Waals surface area contributed by atoms with E-state index in [4.69, 9.17) is 5.41 Å². The number of thiazole rings is 1. The van der Waals surface area contributed by atoms with Gasteiger partial charge in [-0.05, 0) is 48.9 Å². The fraction of sp³-hybridized carbons (Fsp3) is 0.115. The summed E-state index contributed by atoms with van der Waals surface area (Å²) in [6, 6.07) is 24.5. The molecule has 0 fully saturated rings. The number of fused-ring (bicyclic) bond motifs is 1. The lowest BCUT2D eigenvalue weighted by molar-refractivity contribution is 0.0940. The van der Waals surface area contributed by atoms with Gasteiger partial charge in [-0.3, -0.25) is 10.2 Å². The van der Waals surface area contributed by atoms with Crippen LogP contribution in [0.15, 0.2) is 84.6 Å². The van der Waals surface area contributed by atoms with Crippen LogP contribution in [0.4, 0.5) is 5.69 Å². The molecule has 6 nitrogen and oxygen atoms in total. The van der Waals surface area contributed by atoms with Crippen LogP contribution in [0.3, 0.4) is 0 Å². The zero-order valence-corrected chi connectivity index (χ0v) is 18.8. The highest BCUT2D eigenvalue weighted by Crippen LogP contribution is 2.35. The van der Waals surface area contributed by atoms with Crippen molar-refractivity contribution in [1.82, 2.24) is 10.3 Å². The van der Waals surface area contributed by atoms with Crippen LogP contribution in [0.2, 0.25) is 0 Å². The molecule has 0 aliphatic carbocycles. The zero-order valence-electron chi connectivity index (χ0n) is 17.9. The number of para-hydroxylation sites is 1. The van der Waals surface area contributed by atoms with Crippen LogP contribution in [0.25, 0.3) is 15.8 Å². The number of amides is 1. The Morgan fingerprint density at radius 3 is 2.48 bits per heavy atom. The number of rotatable bonds is 5. The van der Waals surface area contributed by atoms with Gasteiger partial charge in [0.15, 0.2) is 0 Å². The second kappa shape index (κ2) is 8.52. The molecule has 0 bridgehead atoms. The first kappa shape index (κ1) is 20.9. The number of nitrogens with zero attached hydrogens (tertiary/aromatic N) is 2. The molecule has 2 heterocycles. The van der Waals surface area contributed by atoms with Gasteiger partial charge >= 0.3 is 0 Å². The normalized spacial score (nSPS) is 14.7. The maximum atomic E-state index is 12.7. The quantitative estimate of drug-likeness (QED) is 0.369. The summed E-state index contributed by atoms with van der Waals surface area (Å²) in [6.07, 6.45) is 0. The van der Waals surface area contributed by atoms with Crippen LogP contribution in [-0.2, 0) is 0 Å². The summed E-state index contributed by atoms with van der Waals surface area (Å²) in [5, 5.41) is 22.9. The Morgan fingerprint density at radius 2 is 1.76 bits per heavy atom. The highest BCUT2D eigenvalue weighted by Gasteiger charge is 2.31. The Bertz CT molecular complexity index is 1340. The Kier molecular flexibility index (Phi) is 5.40. The van der Waals surface area contributed by atoms with Gasteiger partial charge in [0.1, 0.15) is 16.6 Å². The molecule has 3 N–H and O–H groups in total. The Morgan fingerprint density at radius 1 is 1.06 bits per heavy atom. The summed E-state index contributed by atoms with van der Waals surface area (Å²) in [5.74, 6) is 0.157. The highest BCUT2D eigenvalue weighted by atomic mass is 32.1. The van der Waals surface area contributed by atoms with E-state index in [9.17, 15) is 9.90 Å². The number of hydrogen-bond donors (Lipinski definition) is 3. The number of nitrogens with one attached hydrogen (secondary N) is 2. The van der Waals surface area contributed by atoms with Crippen molar-refractivity contribution < 1.29 is 9.90 Å². The molecule has 33 heavy (non-hydrogen) atoms. The molecule has 0 saturated heterocycles. The van der Waals surface area contributed by atoms with Crippen molar-refractivity contribution >= 4 is 44.6 Å². The number of aromatic nitrogens is 1. The van der Waals surface area contributed by atoms with Crippen molar-refractivity contribution in [3.05, 3.63) is 101 Å². The summed E-state index contributed by atoms with van der Waals surface area (Å²) in [7, 11) is 0. The van der Waals surface area contributed by atoms with Gasteiger partial charge in [-0.15, -0.1) is 11.3 Å². The third-order valence-electron chi connectivity index (χ3n) is 5.70. The molecule has 0 spiro atoms. The smallest absolute Gasteiger partial charge is 0.251 e. The lowest BCUT2D eigenvalue weighted by atomic mass is 10.1. The molecule has 164 valence electrons. The fourth-order valence-electron chi connectivity index (χ4n) is 3.90. The number of aliphatic hydroxyl groups is 1. The molecular weight excluding hydrogens is 432 g/mol. The van der Waals surface area contributed by atoms with Crippen LogP contribution in [-0.4, -0.2) is 28.4 Å². The maximum absolute atomic E-state index is 12.7. The number of benzene rings is 3. The van der Waals surface area contributed by atoms with Crippen LogP contribution >= 0.6 is 11.3 Å². The summed E-state index contributed by atoms with van der Waals surface area (Å²) in [4.78, 5) is 19.0. The summed E-state index contributed by atoms with van der Waals surface area (Å²) < 4.78 is 1.01. The monoisotopic (exact) mass is 454 g/mol. The number of anilines is 1. The molecule has 1 atom stereocenters. The number of hydrogen-bond acceptors (Lipinski definition) is 5. The van der Waals surface area contributed by atoms with Crippen LogP contribution in [0.5, 0.6) is 0 Å². The van der Waals surface area contributed by atoms with E-state index < -0.39 is 0 Å². The van der Waals surface area contributed by atoms with Gasteiger partial charge in [0.25, 0.3) is 5.91 Å². The van der Waals surface area contributed by atoms with Gasteiger partial charge in [-0.1, -0.05) is 42.5 Å². The van der Waals surface area contributed by atoms with Gasteiger partial charge < -0.3 is 15.3 Å². The molecule has 0 radical (unpaired) electrons. The highest BCUT2D eigenvalue weighted by molar-refractivity contribution is 7.19. The first-order valence-electron chi connectivity index (χ1n) is 10.6. The Hall–Kier alpha value is -3.97. The van der Waals surface area contributed by atoms with Crippen molar-refractivity contribution in [3.8, 4) is 0 Å². The largest absolute Gasteiger partial charge is 0.510 e. The van der Waals surface area contributed by atoms with Gasteiger partial charge in [0.05, 0.1) is 28.4 Å². The summed E-state index contributed by atoms with van der Waals surface area (Å²) in [5.41, 5.74) is 3.61. The van der Waals surface area contributed by atoms with Crippen molar-refractivity contribution in [3.63, 3.8) is 0 Å². The topological polar surface area (TPSA) is 89.3 Å². The molecular formula is C26H22N4O2S. The van der Waals surface area contributed by atoms with E-state index in [1.54, 1.807) is 29.2 Å². The second-order valence-corrected chi connectivity index (χ2v) is 8.93. The third kappa shape index (κ3) is 3.99. The molecule has 1 aliphatic rings. The number of amidine groups is 1. The van der Waals surface area contributed by atoms with Gasteiger partial charge in [-0.25, -0.2) is 4.98 Å². The van der Waals surface area contributed by atoms with Gasteiger partial charge in [0.2, 0.25) is 0 Å². The average Bonchev–Trinajstić information content (AvgIpc) is 3.39. The SMILES string of the molecule is C[C@@H](NC(=O)c1ccc(N2CC(O)=C(c3nc4ccccc4s3)C2=N)cc1)c1ccccc1. The van der Waals surface area contributed by atoms with Crippen molar-refractivity contribution in [2.45, 2.75) is 13.0 Å².